The summed E-state index contributed by atoms with van der Waals surface area (Å²) in [5, 5.41) is 0.966. The summed E-state index contributed by atoms with van der Waals surface area (Å²) >= 11 is 3.34. The zero-order valence-corrected chi connectivity index (χ0v) is 20.9. The average molecular weight is 493 g/mol. The number of aromatic nitrogens is 2. The van der Waals surface area contributed by atoms with Gasteiger partial charge in [-0.25, -0.2) is 9.97 Å². The van der Waals surface area contributed by atoms with E-state index in [1.165, 1.54) is 11.3 Å². The molecule has 2 saturated heterocycles. The van der Waals surface area contributed by atoms with Gasteiger partial charge in [-0.3, -0.25) is 4.79 Å². The molecule has 0 aliphatic carbocycles. The van der Waals surface area contributed by atoms with E-state index in [9.17, 15) is 4.79 Å². The number of benzene rings is 2. The summed E-state index contributed by atoms with van der Waals surface area (Å²) in [6.07, 6.45) is 2.61. The van der Waals surface area contributed by atoms with Crippen molar-refractivity contribution >= 4 is 40.8 Å². The second-order valence-electron chi connectivity index (χ2n) is 8.41. The van der Waals surface area contributed by atoms with Crippen LogP contribution in [0.15, 0.2) is 64.6 Å². The minimum absolute atomic E-state index is 0.186. The van der Waals surface area contributed by atoms with Gasteiger partial charge in [-0.1, -0.05) is 23.9 Å². The van der Waals surface area contributed by atoms with E-state index in [-0.39, 0.29) is 5.91 Å². The molecule has 8 heteroatoms. The van der Waals surface area contributed by atoms with Crippen LogP contribution in [0.4, 0.5) is 11.4 Å². The molecule has 2 fully saturated rings. The Morgan fingerprint density at radius 3 is 2.47 bits per heavy atom. The second kappa shape index (κ2) is 10.8. The maximum Gasteiger partial charge on any atom is 0.237 e. The first-order chi connectivity index (χ1) is 16.7. The Morgan fingerprint density at radius 2 is 1.74 bits per heavy atom. The molecule has 0 atom stereocenters. The molecule has 1 amide bonds. The van der Waals surface area contributed by atoms with Crippen molar-refractivity contribution in [1.82, 2.24) is 9.97 Å². The third-order valence-electron chi connectivity index (χ3n) is 6.00. The number of carbonyl (C=O) groups is 1. The van der Waals surface area contributed by atoms with Crippen LogP contribution in [0.2, 0.25) is 0 Å². The lowest BCUT2D eigenvalue weighted by Gasteiger charge is -2.28. The summed E-state index contributed by atoms with van der Waals surface area (Å²) in [5.74, 6) is 2.56. The van der Waals surface area contributed by atoms with E-state index in [0.717, 1.165) is 65.6 Å². The molecular weight excluding hydrogens is 464 g/mol. The number of nitrogens with zero attached hydrogens (tertiary/aromatic N) is 4. The zero-order valence-electron chi connectivity index (χ0n) is 19.3. The number of carbonyl (C=O) groups excluding carboxylic acids is 1. The molecule has 2 aromatic carbocycles. The van der Waals surface area contributed by atoms with Crippen LogP contribution in [-0.2, 0) is 16.0 Å². The minimum Gasteiger partial charge on any atom is -0.378 e. The number of morpholine rings is 1. The molecule has 3 heterocycles. The number of ether oxygens (including phenoxy) is 1. The Morgan fingerprint density at radius 1 is 1.00 bits per heavy atom. The van der Waals surface area contributed by atoms with E-state index >= 15 is 0 Å². The second-order valence-corrected chi connectivity index (χ2v) is 10.6. The van der Waals surface area contributed by atoms with Crippen LogP contribution in [-0.4, -0.2) is 60.2 Å². The van der Waals surface area contributed by atoms with Crippen molar-refractivity contribution in [3.05, 3.63) is 71.7 Å². The van der Waals surface area contributed by atoms with Crippen LogP contribution in [0, 0.1) is 6.92 Å². The summed E-state index contributed by atoms with van der Waals surface area (Å²) < 4.78 is 5.45. The van der Waals surface area contributed by atoms with Gasteiger partial charge in [0.05, 0.1) is 19.0 Å². The van der Waals surface area contributed by atoms with Crippen molar-refractivity contribution in [2.45, 2.75) is 23.3 Å². The first-order valence-corrected chi connectivity index (χ1v) is 13.5. The zero-order chi connectivity index (χ0) is 23.3. The molecular formula is C26H28N4O2S2. The van der Waals surface area contributed by atoms with E-state index in [4.69, 9.17) is 9.72 Å². The Labute approximate surface area is 209 Å². The van der Waals surface area contributed by atoms with Gasteiger partial charge in [0, 0.05) is 54.3 Å². The van der Waals surface area contributed by atoms with E-state index in [2.05, 4.69) is 46.3 Å². The molecule has 6 nitrogen and oxygen atoms in total. The Balaban J connectivity index is 1.25. The van der Waals surface area contributed by atoms with Crippen molar-refractivity contribution in [1.29, 1.82) is 0 Å². The van der Waals surface area contributed by atoms with Crippen molar-refractivity contribution < 1.29 is 9.53 Å². The van der Waals surface area contributed by atoms with Crippen LogP contribution < -0.4 is 9.80 Å². The van der Waals surface area contributed by atoms with Crippen LogP contribution in [0.5, 0.6) is 0 Å². The molecule has 2 aliphatic rings. The topological polar surface area (TPSA) is 58.6 Å². The first-order valence-electron chi connectivity index (χ1n) is 11.6. The fraction of sp³-hybridized carbons (Fsp3) is 0.346. The highest BCUT2D eigenvalue weighted by Crippen LogP contribution is 2.31. The summed E-state index contributed by atoms with van der Waals surface area (Å²) in [4.78, 5) is 26.9. The number of rotatable bonds is 6. The standard InChI is InChI=1S/C26H28N4O2S2/c1-19-17-27-24(16-20-2-4-21(5-3-20)29-10-13-32-14-11-29)28-26(19)34-23-8-6-22(7-9-23)30-12-15-33-18-25(30)31/h2-9,17H,10-16,18H2,1H3. The number of hydrogen-bond acceptors (Lipinski definition) is 7. The smallest absolute Gasteiger partial charge is 0.237 e. The van der Waals surface area contributed by atoms with E-state index < -0.39 is 0 Å². The fourth-order valence-electron chi connectivity index (χ4n) is 4.07. The number of amides is 1. The van der Waals surface area contributed by atoms with Gasteiger partial charge in [-0.15, -0.1) is 0 Å². The SMILES string of the molecule is Cc1cnc(Cc2ccc(N3CCOCC3)cc2)nc1Sc1ccc(N2CCSCC2=O)cc1. The highest BCUT2D eigenvalue weighted by atomic mass is 32.2. The lowest BCUT2D eigenvalue weighted by Crippen LogP contribution is -2.38. The lowest BCUT2D eigenvalue weighted by atomic mass is 10.1. The molecule has 5 rings (SSSR count). The summed E-state index contributed by atoms with van der Waals surface area (Å²) in [7, 11) is 0. The quantitative estimate of drug-likeness (QED) is 0.472. The molecule has 0 bridgehead atoms. The molecule has 0 spiro atoms. The van der Waals surface area contributed by atoms with Crippen molar-refractivity contribution in [2.75, 3.05) is 54.2 Å². The summed E-state index contributed by atoms with van der Waals surface area (Å²) in [6.45, 7) is 6.28. The van der Waals surface area contributed by atoms with E-state index in [0.29, 0.717) is 12.2 Å². The number of aryl methyl sites for hydroxylation is 1. The molecule has 0 N–H and O–H groups in total. The monoisotopic (exact) mass is 492 g/mol. The number of hydrogen-bond donors (Lipinski definition) is 0. The molecule has 0 radical (unpaired) electrons. The predicted octanol–water partition coefficient (Wildman–Crippen LogP) is 4.44. The van der Waals surface area contributed by atoms with Gasteiger partial charge >= 0.3 is 0 Å². The number of anilines is 2. The van der Waals surface area contributed by atoms with Crippen LogP contribution in [0.25, 0.3) is 0 Å². The van der Waals surface area contributed by atoms with Gasteiger partial charge in [0.1, 0.15) is 10.9 Å². The Hall–Kier alpha value is -2.55. The Kier molecular flexibility index (Phi) is 7.37. The molecule has 34 heavy (non-hydrogen) atoms. The summed E-state index contributed by atoms with van der Waals surface area (Å²) in [5.41, 5.74) is 4.46. The molecule has 3 aromatic rings. The molecule has 0 saturated carbocycles. The van der Waals surface area contributed by atoms with Crippen LogP contribution in [0.1, 0.15) is 17.0 Å². The van der Waals surface area contributed by atoms with Gasteiger partial charge < -0.3 is 14.5 Å². The van der Waals surface area contributed by atoms with Gasteiger partial charge in [0.25, 0.3) is 0 Å². The third-order valence-corrected chi connectivity index (χ3v) is 8.04. The van der Waals surface area contributed by atoms with Gasteiger partial charge in [-0.2, -0.15) is 11.8 Å². The van der Waals surface area contributed by atoms with Gasteiger partial charge in [0.2, 0.25) is 5.91 Å². The maximum absolute atomic E-state index is 12.2. The highest BCUT2D eigenvalue weighted by Gasteiger charge is 2.20. The third kappa shape index (κ3) is 5.56. The predicted molar refractivity (Wildman–Crippen MR) is 139 cm³/mol. The Bertz CT molecular complexity index is 1130. The highest BCUT2D eigenvalue weighted by molar-refractivity contribution is 8.00. The molecule has 2 aliphatic heterocycles. The van der Waals surface area contributed by atoms with Gasteiger partial charge in [-0.05, 0) is 54.4 Å². The molecule has 0 unspecified atom stereocenters. The van der Waals surface area contributed by atoms with E-state index in [1.807, 2.05) is 30.2 Å². The molecule has 1 aromatic heterocycles. The summed E-state index contributed by atoms with van der Waals surface area (Å²) in [6, 6.07) is 16.9. The van der Waals surface area contributed by atoms with Crippen molar-refractivity contribution in [3.63, 3.8) is 0 Å². The van der Waals surface area contributed by atoms with E-state index in [1.54, 1.807) is 23.5 Å². The van der Waals surface area contributed by atoms with Crippen molar-refractivity contribution in [3.8, 4) is 0 Å². The minimum atomic E-state index is 0.186. The lowest BCUT2D eigenvalue weighted by molar-refractivity contribution is -0.116. The van der Waals surface area contributed by atoms with Crippen LogP contribution in [0.3, 0.4) is 0 Å². The average Bonchev–Trinajstić information content (AvgIpc) is 2.88. The van der Waals surface area contributed by atoms with Gasteiger partial charge in [0.15, 0.2) is 0 Å². The van der Waals surface area contributed by atoms with Crippen LogP contribution >= 0.6 is 23.5 Å². The maximum atomic E-state index is 12.2. The molecule has 176 valence electrons. The first kappa shape index (κ1) is 23.2. The number of thioether (sulfide) groups is 1. The normalized spacial score (nSPS) is 16.7. The fourth-order valence-corrected chi connectivity index (χ4v) is 5.72. The van der Waals surface area contributed by atoms with Crippen molar-refractivity contribution in [2.24, 2.45) is 0 Å². The largest absolute Gasteiger partial charge is 0.378 e.